The molecule has 0 radical (unpaired) electrons. The maximum absolute atomic E-state index is 14.4. The Morgan fingerprint density at radius 3 is 2.73 bits per heavy atom. The molecule has 2 saturated heterocycles. The van der Waals surface area contributed by atoms with E-state index in [1.807, 2.05) is 0 Å². The molecule has 3 heterocycles. The number of carboxylic acid groups (broad SMARTS) is 1. The highest BCUT2D eigenvalue weighted by molar-refractivity contribution is 8.01. The molecule has 11 heteroatoms. The van der Waals surface area contributed by atoms with Crippen molar-refractivity contribution in [1.82, 2.24) is 15.4 Å². The van der Waals surface area contributed by atoms with Gasteiger partial charge in [0.15, 0.2) is 0 Å². The van der Waals surface area contributed by atoms with E-state index in [0.717, 1.165) is 0 Å². The molecule has 2 N–H and O–H groups in total. The predicted octanol–water partition coefficient (Wildman–Crippen LogP) is 2.69. The minimum absolute atomic E-state index is 0.0368. The van der Waals surface area contributed by atoms with E-state index in [9.17, 15) is 23.9 Å². The smallest absolute Gasteiger partial charge is 0.327 e. The van der Waals surface area contributed by atoms with Crippen LogP contribution in [0.15, 0.2) is 22.7 Å². The van der Waals surface area contributed by atoms with E-state index < -0.39 is 45.8 Å². The first-order valence-electron chi connectivity index (χ1n) is 8.99. The van der Waals surface area contributed by atoms with Gasteiger partial charge in [-0.25, -0.2) is 9.18 Å². The van der Waals surface area contributed by atoms with Crippen LogP contribution >= 0.6 is 23.4 Å². The van der Waals surface area contributed by atoms with Crippen molar-refractivity contribution in [3.8, 4) is 11.3 Å². The summed E-state index contributed by atoms with van der Waals surface area (Å²) in [6.07, 6.45) is 0. The molecule has 2 aliphatic rings. The first-order valence-corrected chi connectivity index (χ1v) is 10.2. The predicted molar refractivity (Wildman–Crippen MR) is 107 cm³/mol. The average molecular weight is 454 g/mol. The third kappa shape index (κ3) is 2.97. The number of aliphatic carboxylic acids is 1. The topological polar surface area (TPSA) is 113 Å². The van der Waals surface area contributed by atoms with Crippen LogP contribution in [0.25, 0.3) is 11.3 Å². The minimum atomic E-state index is -1.10. The first-order chi connectivity index (χ1) is 14.0. The largest absolute Gasteiger partial charge is 0.480 e. The van der Waals surface area contributed by atoms with E-state index in [1.54, 1.807) is 13.8 Å². The summed E-state index contributed by atoms with van der Waals surface area (Å²) in [6, 6.07) is 2.17. The lowest BCUT2D eigenvalue weighted by Gasteiger charge is -2.43. The Morgan fingerprint density at radius 1 is 1.40 bits per heavy atom. The number of thioether (sulfide) groups is 1. The molecule has 8 nitrogen and oxygen atoms in total. The number of carboxylic acids is 1. The first kappa shape index (κ1) is 20.7. The Kier molecular flexibility index (Phi) is 4.81. The fourth-order valence-electron chi connectivity index (χ4n) is 3.89. The standard InChI is InChI=1S/C19H17ClFN3O5S/c1-7-10(12(23-29-7)11-8(20)5-4-6-9(11)21)15(25)22-13-16(26)24-14(18(27)28)19(2,3)30-17(13)24/h4-6,13-14,17H,1-3H3,(H,22,25)(H,27,28)/t13?,14?,17-/m1/s1. The van der Waals surface area contributed by atoms with E-state index >= 15 is 0 Å². The minimum Gasteiger partial charge on any atom is -0.480 e. The molecule has 0 spiro atoms. The number of amides is 2. The number of benzene rings is 1. The van der Waals surface area contributed by atoms with Crippen molar-refractivity contribution in [3.05, 3.63) is 40.4 Å². The summed E-state index contributed by atoms with van der Waals surface area (Å²) in [5.74, 6) is -2.81. The van der Waals surface area contributed by atoms with Crippen molar-refractivity contribution in [2.45, 2.75) is 43.0 Å². The van der Waals surface area contributed by atoms with Crippen molar-refractivity contribution in [3.63, 3.8) is 0 Å². The zero-order chi connectivity index (χ0) is 22.0. The van der Waals surface area contributed by atoms with Crippen molar-refractivity contribution >= 4 is 41.1 Å². The summed E-state index contributed by atoms with van der Waals surface area (Å²) < 4.78 is 18.7. The van der Waals surface area contributed by atoms with E-state index in [1.165, 1.54) is 41.8 Å². The number of nitrogens with zero attached hydrogens (tertiary/aromatic N) is 2. The van der Waals surface area contributed by atoms with E-state index in [-0.39, 0.29) is 27.6 Å². The van der Waals surface area contributed by atoms with E-state index in [0.29, 0.717) is 0 Å². The molecule has 158 valence electrons. The number of aromatic nitrogens is 1. The number of hydrogen-bond donors (Lipinski definition) is 2. The molecular formula is C19H17ClFN3O5S. The number of rotatable bonds is 4. The number of aryl methyl sites for hydroxylation is 1. The summed E-state index contributed by atoms with van der Waals surface area (Å²) in [5, 5.41) is 15.4. The summed E-state index contributed by atoms with van der Waals surface area (Å²) in [7, 11) is 0. The molecule has 30 heavy (non-hydrogen) atoms. The SMILES string of the molecule is Cc1onc(-c2c(F)cccc2Cl)c1C(=O)NC1C(=O)N2C(C(=O)O)C(C)(C)S[C@H]12. The molecule has 2 amide bonds. The number of β-lactam (4-membered cyclic amide) rings is 1. The Balaban J connectivity index is 1.62. The third-order valence-corrected chi connectivity index (χ3v) is 7.14. The Morgan fingerprint density at radius 2 is 2.10 bits per heavy atom. The summed E-state index contributed by atoms with van der Waals surface area (Å²) in [4.78, 5) is 38.5. The second-order valence-corrected chi connectivity index (χ2v) is 9.79. The number of nitrogens with one attached hydrogen (secondary N) is 1. The van der Waals surface area contributed by atoms with Gasteiger partial charge >= 0.3 is 5.97 Å². The van der Waals surface area contributed by atoms with Gasteiger partial charge in [-0.2, -0.15) is 0 Å². The molecule has 1 aromatic heterocycles. The molecule has 0 bridgehead atoms. The highest BCUT2D eigenvalue weighted by Crippen LogP contribution is 2.50. The number of carbonyl (C=O) groups is 3. The summed E-state index contributed by atoms with van der Waals surface area (Å²) in [6.45, 7) is 4.97. The van der Waals surface area contributed by atoms with Crippen molar-refractivity contribution in [2.75, 3.05) is 0 Å². The Labute approximate surface area is 179 Å². The number of fused-ring (bicyclic) bond motifs is 1. The lowest BCUT2D eigenvalue weighted by atomic mass is 9.95. The molecule has 4 rings (SSSR count). The highest BCUT2D eigenvalue weighted by atomic mass is 35.5. The van der Waals surface area contributed by atoms with Crippen LogP contribution in [-0.2, 0) is 9.59 Å². The fraction of sp³-hybridized carbons (Fsp3) is 0.368. The van der Waals surface area contributed by atoms with Crippen molar-refractivity contribution in [2.24, 2.45) is 0 Å². The van der Waals surface area contributed by atoms with Gasteiger partial charge in [0.05, 0.1) is 10.6 Å². The lowest BCUT2D eigenvalue weighted by Crippen LogP contribution is -2.70. The maximum atomic E-state index is 14.4. The normalized spacial score (nSPS) is 24.4. The maximum Gasteiger partial charge on any atom is 0.327 e. The third-order valence-electron chi connectivity index (χ3n) is 5.25. The zero-order valence-corrected chi connectivity index (χ0v) is 17.7. The van der Waals surface area contributed by atoms with Gasteiger partial charge in [-0.15, -0.1) is 11.8 Å². The van der Waals surface area contributed by atoms with Gasteiger partial charge in [-0.05, 0) is 32.9 Å². The Hall–Kier alpha value is -2.59. The molecule has 3 atom stereocenters. The van der Waals surface area contributed by atoms with Crippen LogP contribution in [0.4, 0.5) is 4.39 Å². The Bertz CT molecular complexity index is 1070. The zero-order valence-electron chi connectivity index (χ0n) is 16.1. The summed E-state index contributed by atoms with van der Waals surface area (Å²) >= 11 is 7.40. The van der Waals surface area contributed by atoms with Gasteiger partial charge in [0.2, 0.25) is 5.91 Å². The fourth-order valence-corrected chi connectivity index (χ4v) is 5.77. The van der Waals surface area contributed by atoms with Crippen LogP contribution in [0.3, 0.4) is 0 Å². The quantitative estimate of drug-likeness (QED) is 0.684. The molecule has 0 saturated carbocycles. The second-order valence-electron chi connectivity index (χ2n) is 7.61. The molecule has 2 aliphatic heterocycles. The van der Waals surface area contributed by atoms with Crippen molar-refractivity contribution in [1.29, 1.82) is 0 Å². The van der Waals surface area contributed by atoms with Gasteiger partial charge in [0.1, 0.15) is 40.3 Å². The number of carbonyl (C=O) groups excluding carboxylic acids is 2. The van der Waals surface area contributed by atoms with Gasteiger partial charge in [-0.1, -0.05) is 22.8 Å². The molecular weight excluding hydrogens is 437 g/mol. The molecule has 2 fully saturated rings. The van der Waals surface area contributed by atoms with Crippen LogP contribution in [0.1, 0.15) is 30.0 Å². The van der Waals surface area contributed by atoms with Crippen LogP contribution in [-0.4, -0.2) is 55.2 Å². The second kappa shape index (κ2) is 6.98. The molecule has 2 aromatic rings. The van der Waals surface area contributed by atoms with Gasteiger partial charge in [0.25, 0.3) is 5.91 Å². The van der Waals surface area contributed by atoms with E-state index in [4.69, 9.17) is 16.1 Å². The molecule has 1 aromatic carbocycles. The van der Waals surface area contributed by atoms with Crippen LogP contribution < -0.4 is 5.32 Å². The van der Waals surface area contributed by atoms with Crippen LogP contribution in [0.5, 0.6) is 0 Å². The van der Waals surface area contributed by atoms with Gasteiger partial charge in [-0.3, -0.25) is 9.59 Å². The monoisotopic (exact) mass is 453 g/mol. The lowest BCUT2D eigenvalue weighted by molar-refractivity contribution is -0.159. The van der Waals surface area contributed by atoms with Crippen molar-refractivity contribution < 1.29 is 28.4 Å². The van der Waals surface area contributed by atoms with Gasteiger partial charge < -0.3 is 19.8 Å². The number of halogens is 2. The van der Waals surface area contributed by atoms with Crippen LogP contribution in [0.2, 0.25) is 5.02 Å². The summed E-state index contributed by atoms with van der Waals surface area (Å²) in [5.41, 5.74) is -0.185. The van der Waals surface area contributed by atoms with E-state index in [2.05, 4.69) is 10.5 Å². The highest BCUT2D eigenvalue weighted by Gasteiger charge is 2.64. The number of hydrogen-bond acceptors (Lipinski definition) is 6. The van der Waals surface area contributed by atoms with Gasteiger partial charge in [0, 0.05) is 4.75 Å². The van der Waals surface area contributed by atoms with Crippen LogP contribution in [0, 0.1) is 12.7 Å². The molecule has 2 unspecified atom stereocenters. The molecule has 0 aliphatic carbocycles. The average Bonchev–Trinajstić information content (AvgIpc) is 3.14.